The number of hydrogen-bond donors (Lipinski definition) is 0. The second-order valence-corrected chi connectivity index (χ2v) is 3.49. The maximum Gasteiger partial charge on any atom is 0.124 e. The fourth-order valence-electron chi connectivity index (χ4n) is 0.630. The van der Waals surface area contributed by atoms with Crippen LogP contribution >= 0.6 is 38.5 Å². The fraction of sp³-hybridized carbons (Fsp3) is 0.143. The van der Waals surface area contributed by atoms with E-state index in [4.69, 9.17) is 0 Å². The number of alkyl halides is 1. The summed E-state index contributed by atoms with van der Waals surface area (Å²) in [7, 11) is 0. The third-order valence-electron chi connectivity index (χ3n) is 1.16. The van der Waals surface area contributed by atoms with Crippen LogP contribution in [0.3, 0.4) is 0 Å². The first kappa shape index (κ1) is 8.46. The molecule has 0 aliphatic heterocycles. The maximum atomic E-state index is 12.5. The van der Waals surface area contributed by atoms with E-state index in [1.807, 2.05) is 0 Å². The second-order valence-electron chi connectivity index (χ2n) is 1.87. The monoisotopic (exact) mass is 314 g/mol. The molecule has 54 valence electrons. The van der Waals surface area contributed by atoms with Crippen molar-refractivity contribution in [2.24, 2.45) is 0 Å². The van der Waals surface area contributed by atoms with E-state index < -0.39 is 0 Å². The van der Waals surface area contributed by atoms with Gasteiger partial charge in [-0.1, -0.05) is 44.6 Å². The van der Waals surface area contributed by atoms with E-state index in [0.29, 0.717) is 0 Å². The summed E-state index contributed by atoms with van der Waals surface area (Å²) in [6, 6.07) is 4.73. The quantitative estimate of drug-likeness (QED) is 0.549. The summed E-state index contributed by atoms with van der Waals surface area (Å²) in [5.41, 5.74) is 1.13. The lowest BCUT2D eigenvalue weighted by molar-refractivity contribution is 0.626. The SMILES string of the molecule is Fc1ccc(CI)c(Br)c1. The average Bonchev–Trinajstić information content (AvgIpc) is 1.88. The van der Waals surface area contributed by atoms with Crippen LogP contribution in [0.1, 0.15) is 5.56 Å². The molecular weight excluding hydrogens is 310 g/mol. The van der Waals surface area contributed by atoms with Gasteiger partial charge in [0.25, 0.3) is 0 Å². The highest BCUT2D eigenvalue weighted by atomic mass is 127. The number of rotatable bonds is 1. The van der Waals surface area contributed by atoms with Gasteiger partial charge in [-0.3, -0.25) is 0 Å². The summed E-state index contributed by atoms with van der Waals surface area (Å²) in [6.45, 7) is 0. The molecule has 1 aromatic rings. The number of halogens is 3. The van der Waals surface area contributed by atoms with Crippen molar-refractivity contribution in [2.45, 2.75) is 4.43 Å². The summed E-state index contributed by atoms with van der Waals surface area (Å²) in [4.78, 5) is 0. The standard InChI is InChI=1S/C7H5BrFI/c8-7-3-6(9)2-1-5(7)4-10/h1-3H,4H2. The predicted molar refractivity (Wildman–Crippen MR) is 51.8 cm³/mol. The first-order valence-electron chi connectivity index (χ1n) is 2.74. The molecule has 3 heteroatoms. The van der Waals surface area contributed by atoms with Crippen LogP contribution in [0.4, 0.5) is 4.39 Å². The topological polar surface area (TPSA) is 0 Å². The molecule has 1 rings (SSSR count). The Balaban J connectivity index is 3.07. The van der Waals surface area contributed by atoms with Gasteiger partial charge in [0.15, 0.2) is 0 Å². The number of benzene rings is 1. The predicted octanol–water partition coefficient (Wildman–Crippen LogP) is 3.52. The molecule has 0 fully saturated rings. The van der Waals surface area contributed by atoms with Crippen LogP contribution in [0.2, 0.25) is 0 Å². The zero-order valence-corrected chi connectivity index (χ0v) is 8.82. The molecule has 0 aliphatic carbocycles. The Hall–Kier alpha value is 0.360. The second kappa shape index (κ2) is 3.67. The molecule has 10 heavy (non-hydrogen) atoms. The van der Waals surface area contributed by atoms with Gasteiger partial charge in [-0.2, -0.15) is 0 Å². The summed E-state index contributed by atoms with van der Waals surface area (Å²) in [6.07, 6.45) is 0. The van der Waals surface area contributed by atoms with Gasteiger partial charge in [0.1, 0.15) is 5.82 Å². The summed E-state index contributed by atoms with van der Waals surface area (Å²) < 4.78 is 14.2. The molecule has 1 aromatic carbocycles. The van der Waals surface area contributed by atoms with Crippen LogP contribution in [0.5, 0.6) is 0 Å². The van der Waals surface area contributed by atoms with Crippen molar-refractivity contribution in [2.75, 3.05) is 0 Å². The van der Waals surface area contributed by atoms with Crippen molar-refractivity contribution >= 4 is 38.5 Å². The third kappa shape index (κ3) is 1.92. The molecular formula is C7H5BrFI. The molecule has 0 aromatic heterocycles. The molecule has 0 radical (unpaired) electrons. The van der Waals surface area contributed by atoms with Gasteiger partial charge in [-0.15, -0.1) is 0 Å². The molecule has 0 bridgehead atoms. The number of hydrogen-bond acceptors (Lipinski definition) is 0. The van der Waals surface area contributed by atoms with E-state index in [9.17, 15) is 4.39 Å². The molecule has 0 N–H and O–H groups in total. The first-order chi connectivity index (χ1) is 4.74. The highest BCUT2D eigenvalue weighted by molar-refractivity contribution is 14.1. The minimum absolute atomic E-state index is 0.194. The van der Waals surface area contributed by atoms with Crippen molar-refractivity contribution < 1.29 is 4.39 Å². The summed E-state index contributed by atoms with van der Waals surface area (Å²) in [5.74, 6) is -0.194. The van der Waals surface area contributed by atoms with Crippen molar-refractivity contribution in [1.82, 2.24) is 0 Å². The Morgan fingerprint density at radius 2 is 2.20 bits per heavy atom. The van der Waals surface area contributed by atoms with Gasteiger partial charge in [-0.05, 0) is 17.7 Å². The molecule has 0 heterocycles. The van der Waals surface area contributed by atoms with E-state index in [-0.39, 0.29) is 5.82 Å². The third-order valence-corrected chi connectivity index (χ3v) is 2.72. The van der Waals surface area contributed by atoms with Crippen LogP contribution in [-0.4, -0.2) is 0 Å². The Kier molecular flexibility index (Phi) is 3.10. The van der Waals surface area contributed by atoms with Crippen LogP contribution < -0.4 is 0 Å². The average molecular weight is 315 g/mol. The highest BCUT2D eigenvalue weighted by Crippen LogP contribution is 2.19. The first-order valence-corrected chi connectivity index (χ1v) is 5.06. The van der Waals surface area contributed by atoms with Crippen LogP contribution in [-0.2, 0) is 4.43 Å². The van der Waals surface area contributed by atoms with Crippen LogP contribution in [0.25, 0.3) is 0 Å². The Morgan fingerprint density at radius 3 is 2.70 bits per heavy atom. The van der Waals surface area contributed by atoms with Gasteiger partial charge in [0.2, 0.25) is 0 Å². The lowest BCUT2D eigenvalue weighted by Gasteiger charge is -1.97. The van der Waals surface area contributed by atoms with Crippen molar-refractivity contribution in [3.05, 3.63) is 34.1 Å². The molecule has 0 amide bonds. The summed E-state index contributed by atoms with van der Waals surface area (Å²) in [5, 5.41) is 0. The van der Waals surface area contributed by atoms with E-state index >= 15 is 0 Å². The summed E-state index contributed by atoms with van der Waals surface area (Å²) >= 11 is 5.50. The molecule has 0 nitrogen and oxygen atoms in total. The molecule has 0 saturated heterocycles. The largest absolute Gasteiger partial charge is 0.207 e. The smallest absolute Gasteiger partial charge is 0.124 e. The van der Waals surface area contributed by atoms with E-state index in [0.717, 1.165) is 14.5 Å². The zero-order chi connectivity index (χ0) is 7.56. The van der Waals surface area contributed by atoms with Gasteiger partial charge in [-0.25, -0.2) is 4.39 Å². The Bertz CT molecular complexity index is 237. The minimum atomic E-state index is -0.194. The maximum absolute atomic E-state index is 12.5. The van der Waals surface area contributed by atoms with Crippen molar-refractivity contribution in [1.29, 1.82) is 0 Å². The molecule has 0 aliphatic rings. The van der Waals surface area contributed by atoms with Crippen LogP contribution in [0.15, 0.2) is 22.7 Å². The molecule has 0 saturated carbocycles. The van der Waals surface area contributed by atoms with Crippen molar-refractivity contribution in [3.63, 3.8) is 0 Å². The normalized spacial score (nSPS) is 9.90. The minimum Gasteiger partial charge on any atom is -0.207 e. The van der Waals surface area contributed by atoms with E-state index in [1.54, 1.807) is 6.07 Å². The molecule has 0 unspecified atom stereocenters. The zero-order valence-electron chi connectivity index (χ0n) is 5.07. The fourth-order valence-corrected chi connectivity index (χ4v) is 2.31. The van der Waals surface area contributed by atoms with Gasteiger partial charge >= 0.3 is 0 Å². The Morgan fingerprint density at radius 1 is 1.50 bits per heavy atom. The molecule has 0 atom stereocenters. The van der Waals surface area contributed by atoms with Gasteiger partial charge in [0.05, 0.1) is 0 Å². The Labute approximate surface area is 81.1 Å². The lowest BCUT2D eigenvalue weighted by Crippen LogP contribution is -1.80. The molecule has 0 spiro atoms. The van der Waals surface area contributed by atoms with Gasteiger partial charge in [0, 0.05) is 8.90 Å². The lowest BCUT2D eigenvalue weighted by atomic mass is 10.2. The van der Waals surface area contributed by atoms with E-state index in [1.165, 1.54) is 12.1 Å². The van der Waals surface area contributed by atoms with Crippen LogP contribution in [0, 0.1) is 5.82 Å². The van der Waals surface area contributed by atoms with Gasteiger partial charge < -0.3 is 0 Å². The van der Waals surface area contributed by atoms with E-state index in [2.05, 4.69) is 38.5 Å². The van der Waals surface area contributed by atoms with Crippen molar-refractivity contribution in [3.8, 4) is 0 Å². The highest BCUT2D eigenvalue weighted by Gasteiger charge is 1.97.